The first-order valence-corrected chi connectivity index (χ1v) is 7.51. The van der Waals surface area contributed by atoms with E-state index in [4.69, 9.17) is 4.74 Å². The number of hydrogen-bond donors (Lipinski definition) is 1. The third-order valence-electron chi connectivity index (χ3n) is 3.72. The minimum atomic E-state index is 0.0192. The molecule has 5 nitrogen and oxygen atoms in total. The number of anilines is 1. The topological polar surface area (TPSA) is 50.0 Å². The van der Waals surface area contributed by atoms with Crippen molar-refractivity contribution in [1.29, 1.82) is 0 Å². The number of nitrogens with zero attached hydrogens (tertiary/aromatic N) is 3. The highest BCUT2D eigenvalue weighted by Crippen LogP contribution is 2.26. The van der Waals surface area contributed by atoms with Gasteiger partial charge < -0.3 is 14.7 Å². The Morgan fingerprint density at radius 1 is 1.53 bits per heavy atom. The van der Waals surface area contributed by atoms with E-state index in [0.29, 0.717) is 5.92 Å². The maximum absolute atomic E-state index is 9.58. The lowest BCUT2D eigenvalue weighted by atomic mass is 10.00. The molecule has 0 radical (unpaired) electrons. The largest absolute Gasteiger partial charge is 0.390 e. The van der Waals surface area contributed by atoms with Gasteiger partial charge in [0.2, 0.25) is 0 Å². The maximum atomic E-state index is 9.58. The van der Waals surface area contributed by atoms with Crippen molar-refractivity contribution in [3.05, 3.63) is 17.3 Å². The van der Waals surface area contributed by atoms with Gasteiger partial charge in [-0.05, 0) is 18.8 Å². The van der Waals surface area contributed by atoms with E-state index in [0.717, 1.165) is 49.1 Å². The fraction of sp³-hybridized carbons (Fsp3) is 0.615. The van der Waals surface area contributed by atoms with Gasteiger partial charge in [0.15, 0.2) is 10.8 Å². The Morgan fingerprint density at radius 2 is 2.32 bits per heavy atom. The molecule has 1 saturated heterocycles. The van der Waals surface area contributed by atoms with Gasteiger partial charge in [-0.25, -0.2) is 4.98 Å². The number of rotatable bonds is 4. The first-order valence-electron chi connectivity index (χ1n) is 6.63. The monoisotopic (exact) mass is 281 g/mol. The summed E-state index contributed by atoms with van der Waals surface area (Å²) in [5, 5.41) is 11.6. The zero-order valence-corrected chi connectivity index (χ0v) is 11.9. The number of aliphatic hydroxyl groups is 1. The molecule has 0 atom stereocenters. The Kier molecular flexibility index (Phi) is 3.72. The predicted octanol–water partition coefficient (Wildman–Crippen LogP) is 1.75. The summed E-state index contributed by atoms with van der Waals surface area (Å²) in [6, 6.07) is 0. The molecule has 3 rings (SSSR count). The van der Waals surface area contributed by atoms with Gasteiger partial charge in [0.25, 0.3) is 0 Å². The lowest BCUT2D eigenvalue weighted by molar-refractivity contribution is 0.0684. The minimum absolute atomic E-state index is 0.0192. The Hall–Kier alpha value is -1.11. The zero-order chi connectivity index (χ0) is 13.2. The number of fused-ring (bicyclic) bond motifs is 1. The highest BCUT2D eigenvalue weighted by Gasteiger charge is 2.20. The molecule has 6 heteroatoms. The average Bonchev–Trinajstić information content (AvgIpc) is 2.99. The zero-order valence-electron chi connectivity index (χ0n) is 11.1. The number of ether oxygens (including phenoxy) is 1. The fourth-order valence-electron chi connectivity index (χ4n) is 2.68. The van der Waals surface area contributed by atoms with Crippen molar-refractivity contribution in [3.63, 3.8) is 0 Å². The van der Waals surface area contributed by atoms with Crippen LogP contribution < -0.4 is 4.90 Å². The standard InChI is InChI=1S/C13H19N3O2S/c1-15(8-10-2-5-18-6-3-10)12-11(9-17)16-4-7-19-13(16)14-12/h4,7,10,17H,2-3,5-6,8-9H2,1H3. The quantitative estimate of drug-likeness (QED) is 0.927. The van der Waals surface area contributed by atoms with Crippen LogP contribution in [0.25, 0.3) is 4.96 Å². The van der Waals surface area contributed by atoms with E-state index in [9.17, 15) is 5.11 Å². The lowest BCUT2D eigenvalue weighted by Gasteiger charge is -2.27. The smallest absolute Gasteiger partial charge is 0.195 e. The molecule has 0 spiro atoms. The summed E-state index contributed by atoms with van der Waals surface area (Å²) < 4.78 is 7.36. The fourth-order valence-corrected chi connectivity index (χ4v) is 3.40. The molecule has 104 valence electrons. The predicted molar refractivity (Wildman–Crippen MR) is 75.8 cm³/mol. The lowest BCUT2D eigenvalue weighted by Crippen LogP contribution is -2.30. The van der Waals surface area contributed by atoms with E-state index in [1.54, 1.807) is 11.3 Å². The SMILES string of the molecule is CN(CC1CCOCC1)c1nc2sccn2c1CO. The highest BCUT2D eigenvalue weighted by molar-refractivity contribution is 7.15. The van der Waals surface area contributed by atoms with Crippen LogP contribution in [0.1, 0.15) is 18.5 Å². The molecule has 0 amide bonds. The van der Waals surface area contributed by atoms with Crippen molar-refractivity contribution in [3.8, 4) is 0 Å². The van der Waals surface area contributed by atoms with Crippen LogP contribution in [-0.4, -0.2) is 41.3 Å². The minimum Gasteiger partial charge on any atom is -0.390 e. The normalized spacial score (nSPS) is 17.2. The van der Waals surface area contributed by atoms with Crippen molar-refractivity contribution in [2.24, 2.45) is 5.92 Å². The summed E-state index contributed by atoms with van der Waals surface area (Å²) in [5.41, 5.74) is 0.880. The van der Waals surface area contributed by atoms with Crippen molar-refractivity contribution < 1.29 is 9.84 Å². The van der Waals surface area contributed by atoms with Crippen LogP contribution >= 0.6 is 11.3 Å². The Balaban J connectivity index is 1.79. The van der Waals surface area contributed by atoms with E-state index < -0.39 is 0 Å². The van der Waals surface area contributed by atoms with Gasteiger partial charge in [-0.3, -0.25) is 4.40 Å². The molecule has 0 aliphatic carbocycles. The summed E-state index contributed by atoms with van der Waals surface area (Å²) >= 11 is 1.60. The average molecular weight is 281 g/mol. The molecule has 1 N–H and O–H groups in total. The molecule has 0 aromatic carbocycles. The Labute approximate surface area is 116 Å². The van der Waals surface area contributed by atoms with Gasteiger partial charge in [0.1, 0.15) is 0 Å². The molecule has 2 aromatic heterocycles. The number of aromatic nitrogens is 2. The van der Waals surface area contributed by atoms with Crippen molar-refractivity contribution in [2.75, 3.05) is 31.7 Å². The van der Waals surface area contributed by atoms with Crippen LogP contribution in [0.3, 0.4) is 0 Å². The summed E-state index contributed by atoms with van der Waals surface area (Å²) in [7, 11) is 2.06. The van der Waals surface area contributed by atoms with E-state index >= 15 is 0 Å². The summed E-state index contributed by atoms with van der Waals surface area (Å²) in [6.07, 6.45) is 4.19. The third-order valence-corrected chi connectivity index (χ3v) is 4.48. The molecule has 0 saturated carbocycles. The Morgan fingerprint density at radius 3 is 3.05 bits per heavy atom. The second-order valence-corrected chi connectivity index (χ2v) is 5.91. The highest BCUT2D eigenvalue weighted by atomic mass is 32.1. The molecule has 0 unspecified atom stereocenters. The second kappa shape index (κ2) is 5.48. The molecule has 1 aliphatic rings. The summed E-state index contributed by atoms with van der Waals surface area (Å²) in [4.78, 5) is 7.74. The number of aliphatic hydroxyl groups excluding tert-OH is 1. The van der Waals surface area contributed by atoms with Gasteiger partial charge >= 0.3 is 0 Å². The molecule has 1 aliphatic heterocycles. The van der Waals surface area contributed by atoms with Crippen molar-refractivity contribution >= 4 is 22.1 Å². The van der Waals surface area contributed by atoms with E-state index in [2.05, 4.69) is 16.9 Å². The second-order valence-electron chi connectivity index (χ2n) is 5.03. The van der Waals surface area contributed by atoms with Crippen LogP contribution in [0.5, 0.6) is 0 Å². The van der Waals surface area contributed by atoms with Crippen LogP contribution in [0.15, 0.2) is 11.6 Å². The van der Waals surface area contributed by atoms with Gasteiger partial charge in [-0.15, -0.1) is 11.3 Å². The molecule has 1 fully saturated rings. The van der Waals surface area contributed by atoms with Crippen LogP contribution in [0, 0.1) is 5.92 Å². The number of thiazole rings is 1. The van der Waals surface area contributed by atoms with Crippen molar-refractivity contribution in [2.45, 2.75) is 19.4 Å². The molecule has 19 heavy (non-hydrogen) atoms. The summed E-state index contributed by atoms with van der Waals surface area (Å²) in [5.74, 6) is 1.56. The molecule has 2 aromatic rings. The molecule has 3 heterocycles. The van der Waals surface area contributed by atoms with Crippen molar-refractivity contribution in [1.82, 2.24) is 9.38 Å². The summed E-state index contributed by atoms with van der Waals surface area (Å²) in [6.45, 7) is 2.72. The van der Waals surface area contributed by atoms with Gasteiger partial charge in [0.05, 0.1) is 12.3 Å². The van der Waals surface area contributed by atoms with Crippen LogP contribution in [0.2, 0.25) is 0 Å². The van der Waals surface area contributed by atoms with Gasteiger partial charge in [0, 0.05) is 38.4 Å². The first kappa shape index (κ1) is 12.9. The van der Waals surface area contributed by atoms with Crippen LogP contribution in [-0.2, 0) is 11.3 Å². The van der Waals surface area contributed by atoms with Gasteiger partial charge in [-0.1, -0.05) is 0 Å². The molecule has 0 bridgehead atoms. The van der Waals surface area contributed by atoms with Gasteiger partial charge in [-0.2, -0.15) is 0 Å². The van der Waals surface area contributed by atoms with E-state index in [1.165, 1.54) is 0 Å². The third kappa shape index (κ3) is 2.48. The Bertz CT molecular complexity index is 545. The number of imidazole rings is 1. The van der Waals surface area contributed by atoms with Crippen LogP contribution in [0.4, 0.5) is 5.82 Å². The van der Waals surface area contributed by atoms with E-state index in [1.807, 2.05) is 16.0 Å². The molecular weight excluding hydrogens is 262 g/mol. The maximum Gasteiger partial charge on any atom is 0.195 e. The molecular formula is C13H19N3O2S. The van der Waals surface area contributed by atoms with E-state index in [-0.39, 0.29) is 6.61 Å². The number of hydrogen-bond acceptors (Lipinski definition) is 5. The first-order chi connectivity index (χ1) is 9.29.